The van der Waals surface area contributed by atoms with E-state index in [1.165, 1.54) is 51.5 Å². The zero-order chi connectivity index (χ0) is 14.2. The molecule has 2 aliphatic rings. The Bertz CT molecular complexity index is 287. The molecule has 3 atom stereocenters. The lowest BCUT2D eigenvalue weighted by molar-refractivity contribution is 0.137. The summed E-state index contributed by atoms with van der Waals surface area (Å²) in [6.07, 6.45) is 9.65. The Labute approximate surface area is 124 Å². The van der Waals surface area contributed by atoms with E-state index in [4.69, 9.17) is 4.74 Å². The molecule has 2 rings (SSSR count). The van der Waals surface area contributed by atoms with Gasteiger partial charge in [0.2, 0.25) is 0 Å². The zero-order valence-corrected chi connectivity index (χ0v) is 13.1. The van der Waals surface area contributed by atoms with Crippen molar-refractivity contribution in [2.75, 3.05) is 26.3 Å². The monoisotopic (exact) mass is 280 g/mol. The summed E-state index contributed by atoms with van der Waals surface area (Å²) in [5.74, 6) is 0.824. The topological polar surface area (TPSA) is 33.3 Å². The molecule has 1 aliphatic carbocycles. The normalized spacial score (nSPS) is 31.1. The van der Waals surface area contributed by atoms with Crippen LogP contribution in [0.1, 0.15) is 51.9 Å². The van der Waals surface area contributed by atoms with Crippen LogP contribution in [0.5, 0.6) is 0 Å². The van der Waals surface area contributed by atoms with Gasteiger partial charge in [-0.05, 0) is 45.1 Å². The van der Waals surface area contributed by atoms with Crippen LogP contribution in [0.4, 0.5) is 0 Å². The Hall–Kier alpha value is -0.380. The molecule has 2 fully saturated rings. The van der Waals surface area contributed by atoms with E-state index in [0.29, 0.717) is 12.6 Å². The number of piperidine rings is 1. The average Bonchev–Trinajstić information content (AvgIpc) is 2.48. The van der Waals surface area contributed by atoms with Crippen molar-refractivity contribution in [3.05, 3.63) is 12.2 Å². The quantitative estimate of drug-likeness (QED) is 0.556. The molecule has 1 saturated carbocycles. The van der Waals surface area contributed by atoms with E-state index in [0.717, 1.165) is 30.7 Å². The van der Waals surface area contributed by atoms with Crippen LogP contribution < -0.4 is 10.6 Å². The Morgan fingerprint density at radius 2 is 2.00 bits per heavy atom. The van der Waals surface area contributed by atoms with Gasteiger partial charge >= 0.3 is 0 Å². The lowest BCUT2D eigenvalue weighted by Gasteiger charge is -2.40. The second-order valence-corrected chi connectivity index (χ2v) is 6.58. The van der Waals surface area contributed by atoms with Gasteiger partial charge in [0, 0.05) is 18.6 Å². The van der Waals surface area contributed by atoms with E-state index in [1.807, 2.05) is 6.92 Å². The van der Waals surface area contributed by atoms with E-state index < -0.39 is 0 Å². The third kappa shape index (κ3) is 5.19. The van der Waals surface area contributed by atoms with Gasteiger partial charge in [0.05, 0.1) is 13.2 Å². The fraction of sp³-hybridized carbons (Fsp3) is 0.882. The standard InChI is InChI=1S/C17H32N2O/c1-14(2)13-20-12-11-19-17-8-4-3-7-15(17)16-9-5-6-10-18-16/h15-19H,1,3-13H2,2H3. The van der Waals surface area contributed by atoms with Crippen LogP contribution in [0.15, 0.2) is 12.2 Å². The molecule has 0 bridgehead atoms. The third-order valence-electron chi connectivity index (χ3n) is 4.69. The second-order valence-electron chi connectivity index (χ2n) is 6.58. The summed E-state index contributed by atoms with van der Waals surface area (Å²) in [5.41, 5.74) is 1.10. The van der Waals surface area contributed by atoms with Crippen molar-refractivity contribution in [2.45, 2.75) is 64.0 Å². The lowest BCUT2D eigenvalue weighted by Crippen LogP contribution is -2.51. The predicted molar refractivity (Wildman–Crippen MR) is 85.0 cm³/mol. The van der Waals surface area contributed by atoms with Gasteiger partial charge in [0.1, 0.15) is 0 Å². The number of hydrogen-bond donors (Lipinski definition) is 2. The number of nitrogens with one attached hydrogen (secondary N) is 2. The molecule has 116 valence electrons. The molecule has 2 N–H and O–H groups in total. The average molecular weight is 280 g/mol. The predicted octanol–water partition coefficient (Wildman–Crippen LogP) is 2.87. The van der Waals surface area contributed by atoms with Gasteiger partial charge in [0.25, 0.3) is 0 Å². The molecule has 0 spiro atoms. The van der Waals surface area contributed by atoms with E-state index in [2.05, 4.69) is 17.2 Å². The number of ether oxygens (including phenoxy) is 1. The molecule has 0 radical (unpaired) electrons. The van der Waals surface area contributed by atoms with Crippen LogP contribution in [-0.4, -0.2) is 38.4 Å². The first-order valence-corrected chi connectivity index (χ1v) is 8.46. The highest BCUT2D eigenvalue weighted by Crippen LogP contribution is 2.30. The van der Waals surface area contributed by atoms with Gasteiger partial charge in [-0.25, -0.2) is 0 Å². The van der Waals surface area contributed by atoms with Crippen molar-refractivity contribution in [1.82, 2.24) is 10.6 Å². The van der Waals surface area contributed by atoms with Crippen LogP contribution in [-0.2, 0) is 4.74 Å². The highest BCUT2D eigenvalue weighted by Gasteiger charge is 2.31. The van der Waals surface area contributed by atoms with Crippen LogP contribution in [0, 0.1) is 5.92 Å². The number of hydrogen-bond acceptors (Lipinski definition) is 3. The molecule has 1 heterocycles. The van der Waals surface area contributed by atoms with E-state index in [1.54, 1.807) is 0 Å². The van der Waals surface area contributed by atoms with Crippen LogP contribution in [0.3, 0.4) is 0 Å². The van der Waals surface area contributed by atoms with Gasteiger partial charge in [-0.15, -0.1) is 0 Å². The summed E-state index contributed by atoms with van der Waals surface area (Å²) in [4.78, 5) is 0. The van der Waals surface area contributed by atoms with Crippen LogP contribution in [0.25, 0.3) is 0 Å². The molecule has 3 heteroatoms. The van der Waals surface area contributed by atoms with Crippen molar-refractivity contribution in [1.29, 1.82) is 0 Å². The Balaban J connectivity index is 1.70. The molecule has 0 aromatic heterocycles. The molecule has 1 aliphatic heterocycles. The van der Waals surface area contributed by atoms with Crippen LogP contribution >= 0.6 is 0 Å². The van der Waals surface area contributed by atoms with Gasteiger partial charge in [-0.1, -0.05) is 31.4 Å². The minimum absolute atomic E-state index is 0.688. The zero-order valence-electron chi connectivity index (χ0n) is 13.1. The third-order valence-corrected chi connectivity index (χ3v) is 4.69. The van der Waals surface area contributed by atoms with Crippen molar-refractivity contribution in [3.63, 3.8) is 0 Å². The first-order valence-electron chi connectivity index (χ1n) is 8.46. The Kier molecular flexibility index (Phi) is 7.05. The van der Waals surface area contributed by atoms with Crippen molar-refractivity contribution < 1.29 is 4.74 Å². The maximum absolute atomic E-state index is 5.59. The summed E-state index contributed by atoms with van der Waals surface area (Å²) in [6.45, 7) is 9.56. The van der Waals surface area contributed by atoms with E-state index in [9.17, 15) is 0 Å². The number of rotatable bonds is 7. The SMILES string of the molecule is C=C(C)COCCNC1CCCCC1C1CCCCN1. The Morgan fingerprint density at radius 1 is 1.20 bits per heavy atom. The molecule has 0 aromatic carbocycles. The Morgan fingerprint density at radius 3 is 2.75 bits per heavy atom. The highest BCUT2D eigenvalue weighted by molar-refractivity contribution is 4.90. The molecule has 3 nitrogen and oxygen atoms in total. The minimum Gasteiger partial charge on any atom is -0.376 e. The van der Waals surface area contributed by atoms with Crippen molar-refractivity contribution in [3.8, 4) is 0 Å². The van der Waals surface area contributed by atoms with Crippen molar-refractivity contribution >= 4 is 0 Å². The van der Waals surface area contributed by atoms with Gasteiger partial charge in [-0.3, -0.25) is 0 Å². The fourth-order valence-corrected chi connectivity index (χ4v) is 3.70. The van der Waals surface area contributed by atoms with Gasteiger partial charge < -0.3 is 15.4 Å². The molecule has 3 unspecified atom stereocenters. The van der Waals surface area contributed by atoms with Gasteiger partial charge in [0.15, 0.2) is 0 Å². The lowest BCUT2D eigenvalue weighted by atomic mass is 9.77. The summed E-state index contributed by atoms with van der Waals surface area (Å²) >= 11 is 0. The molecule has 0 aromatic rings. The highest BCUT2D eigenvalue weighted by atomic mass is 16.5. The minimum atomic E-state index is 0.688. The van der Waals surface area contributed by atoms with Crippen LogP contribution in [0.2, 0.25) is 0 Å². The van der Waals surface area contributed by atoms with E-state index >= 15 is 0 Å². The summed E-state index contributed by atoms with van der Waals surface area (Å²) in [7, 11) is 0. The maximum Gasteiger partial charge on any atom is 0.0672 e. The summed E-state index contributed by atoms with van der Waals surface area (Å²) < 4.78 is 5.59. The van der Waals surface area contributed by atoms with E-state index in [-0.39, 0.29) is 0 Å². The smallest absolute Gasteiger partial charge is 0.0672 e. The summed E-state index contributed by atoms with van der Waals surface area (Å²) in [6, 6.07) is 1.44. The largest absolute Gasteiger partial charge is 0.376 e. The molecule has 1 saturated heterocycles. The second kappa shape index (κ2) is 8.81. The van der Waals surface area contributed by atoms with Crippen molar-refractivity contribution in [2.24, 2.45) is 5.92 Å². The molecular weight excluding hydrogens is 248 g/mol. The van der Waals surface area contributed by atoms with Gasteiger partial charge in [-0.2, -0.15) is 0 Å². The fourth-order valence-electron chi connectivity index (χ4n) is 3.70. The first-order chi connectivity index (χ1) is 9.77. The summed E-state index contributed by atoms with van der Waals surface area (Å²) in [5, 5.41) is 7.50. The first kappa shape index (κ1) is 16.0. The maximum atomic E-state index is 5.59. The molecule has 0 amide bonds. The molecule has 20 heavy (non-hydrogen) atoms. The molecular formula is C17H32N2O.